The SMILES string of the molecule is O=C(O)[C@@H](CCO)NC(=O)N1CCCOc2ccccc21. The van der Waals surface area contributed by atoms with Crippen molar-refractivity contribution >= 4 is 17.7 Å². The van der Waals surface area contributed by atoms with E-state index < -0.39 is 18.0 Å². The minimum Gasteiger partial charge on any atom is -0.491 e. The zero-order valence-electron chi connectivity index (χ0n) is 11.5. The number of amides is 2. The van der Waals surface area contributed by atoms with E-state index in [0.29, 0.717) is 31.0 Å². The van der Waals surface area contributed by atoms with Crippen molar-refractivity contribution in [1.82, 2.24) is 5.32 Å². The molecule has 2 amide bonds. The number of anilines is 1. The molecule has 0 bridgehead atoms. The second-order valence-corrected chi connectivity index (χ2v) is 4.67. The van der Waals surface area contributed by atoms with Gasteiger partial charge in [0.1, 0.15) is 11.8 Å². The average Bonchev–Trinajstić information content (AvgIpc) is 2.69. The molecule has 7 nitrogen and oxygen atoms in total. The second-order valence-electron chi connectivity index (χ2n) is 4.67. The molecule has 1 aromatic rings. The number of carbonyl (C=O) groups is 2. The van der Waals surface area contributed by atoms with Crippen molar-refractivity contribution in [1.29, 1.82) is 0 Å². The maximum atomic E-state index is 12.3. The van der Waals surface area contributed by atoms with Gasteiger partial charge in [-0.25, -0.2) is 9.59 Å². The van der Waals surface area contributed by atoms with E-state index in [0.717, 1.165) is 0 Å². The number of para-hydroxylation sites is 2. The molecule has 0 unspecified atom stereocenters. The predicted octanol–water partition coefficient (Wildman–Crippen LogP) is 0.821. The van der Waals surface area contributed by atoms with Gasteiger partial charge < -0.3 is 20.3 Å². The molecule has 0 radical (unpaired) electrons. The van der Waals surface area contributed by atoms with E-state index in [9.17, 15) is 9.59 Å². The van der Waals surface area contributed by atoms with Gasteiger partial charge in [0.25, 0.3) is 0 Å². The van der Waals surface area contributed by atoms with Crippen LogP contribution in [0.15, 0.2) is 24.3 Å². The minimum absolute atomic E-state index is 0.0347. The number of urea groups is 1. The average molecular weight is 294 g/mol. The number of hydrogen-bond donors (Lipinski definition) is 3. The third-order valence-corrected chi connectivity index (χ3v) is 3.20. The molecule has 0 aromatic heterocycles. The van der Waals surface area contributed by atoms with Gasteiger partial charge in [-0.15, -0.1) is 0 Å². The first-order chi connectivity index (χ1) is 10.1. The lowest BCUT2D eigenvalue weighted by Crippen LogP contribution is -2.48. The Bertz CT molecular complexity index is 520. The summed E-state index contributed by atoms with van der Waals surface area (Å²) in [6.07, 6.45) is 0.618. The lowest BCUT2D eigenvalue weighted by molar-refractivity contribution is -0.139. The number of rotatable bonds is 4. The van der Waals surface area contributed by atoms with Crippen LogP contribution >= 0.6 is 0 Å². The maximum Gasteiger partial charge on any atom is 0.326 e. The number of carboxylic acids is 1. The van der Waals surface area contributed by atoms with E-state index in [1.807, 2.05) is 6.07 Å². The van der Waals surface area contributed by atoms with Crippen LogP contribution in [-0.2, 0) is 4.79 Å². The van der Waals surface area contributed by atoms with Gasteiger partial charge in [-0.2, -0.15) is 0 Å². The molecule has 3 N–H and O–H groups in total. The lowest BCUT2D eigenvalue weighted by atomic mass is 10.2. The molecule has 0 aliphatic carbocycles. The fraction of sp³-hybridized carbons (Fsp3) is 0.429. The fourth-order valence-corrected chi connectivity index (χ4v) is 2.15. The molecule has 0 fully saturated rings. The van der Waals surface area contributed by atoms with Crippen LogP contribution < -0.4 is 15.0 Å². The molecule has 0 saturated heterocycles. The smallest absolute Gasteiger partial charge is 0.326 e. The predicted molar refractivity (Wildman–Crippen MR) is 75.6 cm³/mol. The summed E-state index contributed by atoms with van der Waals surface area (Å²) < 4.78 is 5.55. The Balaban J connectivity index is 2.16. The molecule has 0 saturated carbocycles. The highest BCUT2D eigenvalue weighted by atomic mass is 16.5. The summed E-state index contributed by atoms with van der Waals surface area (Å²) in [5, 5.41) is 20.3. The zero-order valence-corrected chi connectivity index (χ0v) is 11.5. The largest absolute Gasteiger partial charge is 0.491 e. The van der Waals surface area contributed by atoms with Crippen LogP contribution in [0.2, 0.25) is 0 Å². The van der Waals surface area contributed by atoms with Crippen molar-refractivity contribution in [2.24, 2.45) is 0 Å². The Morgan fingerprint density at radius 3 is 2.86 bits per heavy atom. The van der Waals surface area contributed by atoms with Crippen LogP contribution in [0.3, 0.4) is 0 Å². The molecule has 1 aromatic carbocycles. The van der Waals surface area contributed by atoms with Gasteiger partial charge in [0, 0.05) is 19.6 Å². The van der Waals surface area contributed by atoms with Gasteiger partial charge in [-0.1, -0.05) is 12.1 Å². The molecule has 1 aliphatic rings. The topological polar surface area (TPSA) is 99.1 Å². The van der Waals surface area contributed by atoms with Crippen LogP contribution in [0.4, 0.5) is 10.5 Å². The van der Waals surface area contributed by atoms with Crippen molar-refractivity contribution in [3.8, 4) is 5.75 Å². The normalized spacial score (nSPS) is 15.4. The molecule has 7 heteroatoms. The number of benzene rings is 1. The number of carbonyl (C=O) groups excluding carboxylic acids is 1. The molecule has 21 heavy (non-hydrogen) atoms. The number of ether oxygens (including phenoxy) is 1. The summed E-state index contributed by atoms with van der Waals surface area (Å²) in [4.78, 5) is 24.8. The Kier molecular flexibility index (Phi) is 4.99. The molecule has 0 spiro atoms. The van der Waals surface area contributed by atoms with Gasteiger partial charge in [0.15, 0.2) is 0 Å². The number of aliphatic hydroxyl groups is 1. The van der Waals surface area contributed by atoms with E-state index in [-0.39, 0.29) is 13.0 Å². The first-order valence-corrected chi connectivity index (χ1v) is 6.77. The molecule has 2 rings (SSSR count). The Hall–Kier alpha value is -2.28. The van der Waals surface area contributed by atoms with E-state index in [2.05, 4.69) is 5.32 Å². The van der Waals surface area contributed by atoms with Gasteiger partial charge in [0.2, 0.25) is 0 Å². The number of aliphatic carboxylic acids is 1. The van der Waals surface area contributed by atoms with Crippen molar-refractivity contribution < 1.29 is 24.5 Å². The van der Waals surface area contributed by atoms with Gasteiger partial charge in [0.05, 0.1) is 12.3 Å². The Morgan fingerprint density at radius 1 is 1.38 bits per heavy atom. The standard InChI is InChI=1S/C14H18N2O5/c17-8-6-10(13(18)19)15-14(20)16-7-3-9-21-12-5-2-1-4-11(12)16/h1-2,4-5,10,17H,3,6-9H2,(H,15,20)(H,18,19)/t10-/m1/s1. The van der Waals surface area contributed by atoms with Crippen molar-refractivity contribution in [3.05, 3.63) is 24.3 Å². The van der Waals surface area contributed by atoms with E-state index >= 15 is 0 Å². The lowest BCUT2D eigenvalue weighted by Gasteiger charge is -2.24. The van der Waals surface area contributed by atoms with Crippen molar-refractivity contribution in [2.45, 2.75) is 18.9 Å². The molecular formula is C14H18N2O5. The number of aliphatic hydroxyl groups excluding tert-OH is 1. The summed E-state index contributed by atoms with van der Waals surface area (Å²) in [5.41, 5.74) is 0.612. The fourth-order valence-electron chi connectivity index (χ4n) is 2.15. The molecule has 1 atom stereocenters. The third kappa shape index (κ3) is 3.63. The summed E-state index contributed by atoms with van der Waals surface area (Å²) in [6.45, 7) is 0.630. The second kappa shape index (κ2) is 6.94. The van der Waals surface area contributed by atoms with Gasteiger partial charge in [-0.05, 0) is 18.6 Å². The number of nitrogens with zero attached hydrogens (tertiary/aromatic N) is 1. The number of nitrogens with one attached hydrogen (secondary N) is 1. The summed E-state index contributed by atoms with van der Waals surface area (Å²) in [5.74, 6) is -0.573. The number of hydrogen-bond acceptors (Lipinski definition) is 4. The minimum atomic E-state index is -1.17. The van der Waals surface area contributed by atoms with E-state index in [4.69, 9.17) is 14.9 Å². The Morgan fingerprint density at radius 2 is 2.14 bits per heavy atom. The first kappa shape index (κ1) is 15.1. The Labute approximate surface area is 122 Å². The highest BCUT2D eigenvalue weighted by Crippen LogP contribution is 2.30. The summed E-state index contributed by atoms with van der Waals surface area (Å²) in [7, 11) is 0. The highest BCUT2D eigenvalue weighted by molar-refractivity contribution is 5.95. The van der Waals surface area contributed by atoms with E-state index in [1.54, 1.807) is 18.2 Å². The van der Waals surface area contributed by atoms with Crippen LogP contribution in [0, 0.1) is 0 Å². The third-order valence-electron chi connectivity index (χ3n) is 3.20. The summed E-state index contributed by atoms with van der Waals surface area (Å²) in [6, 6.07) is 5.50. The van der Waals surface area contributed by atoms with Crippen molar-refractivity contribution in [2.75, 3.05) is 24.7 Å². The van der Waals surface area contributed by atoms with Crippen LogP contribution in [0.5, 0.6) is 5.75 Å². The number of fused-ring (bicyclic) bond motifs is 1. The van der Waals surface area contributed by atoms with Gasteiger partial charge in [-0.3, -0.25) is 4.90 Å². The van der Waals surface area contributed by atoms with Crippen LogP contribution in [0.25, 0.3) is 0 Å². The van der Waals surface area contributed by atoms with Crippen LogP contribution in [-0.4, -0.2) is 48.0 Å². The van der Waals surface area contributed by atoms with Crippen molar-refractivity contribution in [3.63, 3.8) is 0 Å². The molecule has 1 aliphatic heterocycles. The monoisotopic (exact) mass is 294 g/mol. The molecule has 114 valence electrons. The number of carboxylic acid groups (broad SMARTS) is 1. The zero-order chi connectivity index (χ0) is 15.2. The maximum absolute atomic E-state index is 12.3. The highest BCUT2D eigenvalue weighted by Gasteiger charge is 2.26. The molecular weight excluding hydrogens is 276 g/mol. The van der Waals surface area contributed by atoms with Gasteiger partial charge >= 0.3 is 12.0 Å². The molecule has 1 heterocycles. The van der Waals surface area contributed by atoms with Crippen LogP contribution in [0.1, 0.15) is 12.8 Å². The summed E-state index contributed by atoms with van der Waals surface area (Å²) >= 11 is 0. The quantitative estimate of drug-likeness (QED) is 0.763. The van der Waals surface area contributed by atoms with E-state index in [1.165, 1.54) is 4.90 Å². The first-order valence-electron chi connectivity index (χ1n) is 6.77.